The summed E-state index contributed by atoms with van der Waals surface area (Å²) in [5.41, 5.74) is 0.614. The third kappa shape index (κ3) is 2.99. The Labute approximate surface area is 117 Å². The normalized spacial score (nSPS) is 12.1. The van der Waals surface area contributed by atoms with Crippen LogP contribution in [-0.4, -0.2) is 28.0 Å². The van der Waals surface area contributed by atoms with Gasteiger partial charge in [0.15, 0.2) is 0 Å². The molecule has 0 radical (unpaired) electrons. The molecule has 1 amide bonds. The number of aryl methyl sites for hydroxylation is 1. The standard InChI is InChI=1S/C12H12N2O3S2/c1-6-9(10(15)13-7(2)12(16)17)19-11(14-6)8-4-3-5-18-8/h3-5,7H,1-2H3,(H,13,15)(H,16,17)/t7-/m1/s1. The molecule has 2 heterocycles. The third-order valence-corrected chi connectivity index (χ3v) is 4.65. The third-order valence-electron chi connectivity index (χ3n) is 2.45. The number of aromatic nitrogens is 1. The smallest absolute Gasteiger partial charge is 0.325 e. The summed E-state index contributed by atoms with van der Waals surface area (Å²) in [6.45, 7) is 3.17. The molecule has 2 N–H and O–H groups in total. The molecule has 0 fully saturated rings. The first-order chi connectivity index (χ1) is 8.99. The number of carbonyl (C=O) groups is 2. The molecular formula is C12H12N2O3S2. The molecule has 19 heavy (non-hydrogen) atoms. The molecule has 0 saturated heterocycles. The zero-order valence-electron chi connectivity index (χ0n) is 10.3. The number of carboxylic acid groups (broad SMARTS) is 1. The Hall–Kier alpha value is -1.73. The summed E-state index contributed by atoms with van der Waals surface area (Å²) in [4.78, 5) is 28.5. The van der Waals surface area contributed by atoms with E-state index in [0.717, 1.165) is 9.88 Å². The van der Waals surface area contributed by atoms with E-state index < -0.39 is 17.9 Å². The molecule has 2 rings (SSSR count). The van der Waals surface area contributed by atoms with Gasteiger partial charge < -0.3 is 10.4 Å². The van der Waals surface area contributed by atoms with E-state index in [1.54, 1.807) is 18.3 Å². The van der Waals surface area contributed by atoms with Gasteiger partial charge in [-0.25, -0.2) is 4.98 Å². The van der Waals surface area contributed by atoms with Crippen LogP contribution in [0.15, 0.2) is 17.5 Å². The fraction of sp³-hybridized carbons (Fsp3) is 0.250. The average Bonchev–Trinajstić information content (AvgIpc) is 2.96. The zero-order chi connectivity index (χ0) is 14.0. The van der Waals surface area contributed by atoms with Gasteiger partial charge in [-0.3, -0.25) is 9.59 Å². The molecule has 0 unspecified atom stereocenters. The summed E-state index contributed by atoms with van der Waals surface area (Å²) in [7, 11) is 0. The van der Waals surface area contributed by atoms with Crippen molar-refractivity contribution in [2.24, 2.45) is 0 Å². The number of hydrogen-bond donors (Lipinski definition) is 2. The van der Waals surface area contributed by atoms with Crippen LogP contribution in [0.5, 0.6) is 0 Å². The second-order valence-electron chi connectivity index (χ2n) is 3.94. The Morgan fingerprint density at radius 3 is 2.79 bits per heavy atom. The molecule has 2 aromatic rings. The van der Waals surface area contributed by atoms with E-state index in [1.165, 1.54) is 18.3 Å². The zero-order valence-corrected chi connectivity index (χ0v) is 12.0. The number of rotatable bonds is 4. The van der Waals surface area contributed by atoms with E-state index in [-0.39, 0.29) is 0 Å². The largest absolute Gasteiger partial charge is 0.480 e. The number of nitrogens with zero attached hydrogens (tertiary/aromatic N) is 1. The minimum absolute atomic E-state index is 0.396. The fourth-order valence-electron chi connectivity index (χ4n) is 1.44. The summed E-state index contributed by atoms with van der Waals surface area (Å²) < 4.78 is 0. The lowest BCUT2D eigenvalue weighted by Crippen LogP contribution is -2.38. The number of nitrogens with one attached hydrogen (secondary N) is 1. The van der Waals surface area contributed by atoms with E-state index in [9.17, 15) is 9.59 Å². The minimum Gasteiger partial charge on any atom is -0.480 e. The lowest BCUT2D eigenvalue weighted by molar-refractivity contribution is -0.138. The van der Waals surface area contributed by atoms with Gasteiger partial charge in [0, 0.05) is 0 Å². The molecule has 0 bridgehead atoms. The maximum absolute atomic E-state index is 12.0. The molecule has 7 heteroatoms. The van der Waals surface area contributed by atoms with Crippen molar-refractivity contribution in [2.45, 2.75) is 19.9 Å². The number of amides is 1. The summed E-state index contributed by atoms with van der Waals surface area (Å²) in [6, 6.07) is 2.94. The van der Waals surface area contributed by atoms with Crippen molar-refractivity contribution in [2.75, 3.05) is 0 Å². The van der Waals surface area contributed by atoms with Crippen LogP contribution >= 0.6 is 22.7 Å². The second kappa shape index (κ2) is 5.50. The maximum atomic E-state index is 12.0. The minimum atomic E-state index is -1.06. The first-order valence-electron chi connectivity index (χ1n) is 5.54. The molecule has 0 spiro atoms. The Bertz CT molecular complexity index is 605. The Balaban J connectivity index is 2.21. The van der Waals surface area contributed by atoms with Crippen molar-refractivity contribution < 1.29 is 14.7 Å². The van der Waals surface area contributed by atoms with Crippen molar-refractivity contribution >= 4 is 34.6 Å². The van der Waals surface area contributed by atoms with Crippen LogP contribution in [0.1, 0.15) is 22.3 Å². The van der Waals surface area contributed by atoms with Gasteiger partial charge >= 0.3 is 5.97 Å². The lowest BCUT2D eigenvalue weighted by Gasteiger charge is -2.07. The topological polar surface area (TPSA) is 79.3 Å². The van der Waals surface area contributed by atoms with Gasteiger partial charge in [-0.2, -0.15) is 0 Å². The van der Waals surface area contributed by atoms with Crippen molar-refractivity contribution in [3.8, 4) is 9.88 Å². The fourth-order valence-corrected chi connectivity index (χ4v) is 3.20. The van der Waals surface area contributed by atoms with Gasteiger partial charge in [0.2, 0.25) is 0 Å². The highest BCUT2D eigenvalue weighted by molar-refractivity contribution is 7.22. The Kier molecular flexibility index (Phi) is 3.96. The SMILES string of the molecule is Cc1nc(-c2cccs2)sc1C(=O)N[C@H](C)C(=O)O. The highest BCUT2D eigenvalue weighted by Gasteiger charge is 2.20. The molecule has 1 atom stereocenters. The number of thiophene rings is 1. The van der Waals surface area contributed by atoms with Gasteiger partial charge in [-0.1, -0.05) is 6.07 Å². The van der Waals surface area contributed by atoms with Crippen LogP contribution in [-0.2, 0) is 4.79 Å². The predicted octanol–water partition coefficient (Wildman–Crippen LogP) is 2.38. The quantitative estimate of drug-likeness (QED) is 0.908. The van der Waals surface area contributed by atoms with Gasteiger partial charge in [0.05, 0.1) is 10.6 Å². The molecule has 0 aliphatic heterocycles. The lowest BCUT2D eigenvalue weighted by atomic mass is 10.3. The second-order valence-corrected chi connectivity index (χ2v) is 5.89. The molecule has 100 valence electrons. The summed E-state index contributed by atoms with van der Waals surface area (Å²) >= 11 is 2.82. The summed E-state index contributed by atoms with van der Waals surface area (Å²) in [5, 5.41) is 13.9. The maximum Gasteiger partial charge on any atom is 0.325 e. The summed E-state index contributed by atoms with van der Waals surface area (Å²) in [5.74, 6) is -1.46. The molecule has 0 aromatic carbocycles. The molecule has 0 saturated carbocycles. The molecule has 0 aliphatic carbocycles. The monoisotopic (exact) mass is 296 g/mol. The van der Waals surface area contributed by atoms with E-state index in [1.807, 2.05) is 17.5 Å². The van der Waals surface area contributed by atoms with Gasteiger partial charge in [-0.15, -0.1) is 22.7 Å². The van der Waals surface area contributed by atoms with Crippen molar-refractivity contribution in [1.82, 2.24) is 10.3 Å². The van der Waals surface area contributed by atoms with Crippen LogP contribution in [0.25, 0.3) is 9.88 Å². The Morgan fingerprint density at radius 2 is 2.21 bits per heavy atom. The number of carboxylic acids is 1. The molecular weight excluding hydrogens is 284 g/mol. The van der Waals surface area contributed by atoms with Gasteiger partial charge in [0.1, 0.15) is 15.9 Å². The number of aliphatic carboxylic acids is 1. The summed E-state index contributed by atoms with van der Waals surface area (Å²) in [6.07, 6.45) is 0. The van der Waals surface area contributed by atoms with Crippen molar-refractivity contribution in [3.63, 3.8) is 0 Å². The molecule has 5 nitrogen and oxygen atoms in total. The van der Waals surface area contributed by atoms with E-state index in [0.29, 0.717) is 10.6 Å². The highest BCUT2D eigenvalue weighted by Crippen LogP contribution is 2.30. The van der Waals surface area contributed by atoms with Crippen LogP contribution < -0.4 is 5.32 Å². The molecule has 0 aliphatic rings. The number of hydrogen-bond acceptors (Lipinski definition) is 5. The first kappa shape index (κ1) is 13.7. The van der Waals surface area contributed by atoms with Crippen molar-refractivity contribution in [1.29, 1.82) is 0 Å². The number of thiazole rings is 1. The molecule has 2 aromatic heterocycles. The first-order valence-corrected chi connectivity index (χ1v) is 7.23. The van der Waals surface area contributed by atoms with E-state index in [4.69, 9.17) is 5.11 Å². The van der Waals surface area contributed by atoms with Crippen molar-refractivity contribution in [3.05, 3.63) is 28.1 Å². The van der Waals surface area contributed by atoms with Crippen LogP contribution in [0.2, 0.25) is 0 Å². The van der Waals surface area contributed by atoms with E-state index in [2.05, 4.69) is 10.3 Å². The Morgan fingerprint density at radius 1 is 1.47 bits per heavy atom. The highest BCUT2D eigenvalue weighted by atomic mass is 32.1. The predicted molar refractivity (Wildman–Crippen MR) is 74.7 cm³/mol. The van der Waals surface area contributed by atoms with Crippen LogP contribution in [0.3, 0.4) is 0 Å². The van der Waals surface area contributed by atoms with Gasteiger partial charge in [0.25, 0.3) is 5.91 Å². The van der Waals surface area contributed by atoms with Crippen LogP contribution in [0, 0.1) is 6.92 Å². The average molecular weight is 296 g/mol. The van der Waals surface area contributed by atoms with E-state index >= 15 is 0 Å². The number of carbonyl (C=O) groups excluding carboxylic acids is 1. The van der Waals surface area contributed by atoms with Crippen LogP contribution in [0.4, 0.5) is 0 Å². The van der Waals surface area contributed by atoms with Gasteiger partial charge in [-0.05, 0) is 25.3 Å².